The van der Waals surface area contributed by atoms with Crippen molar-refractivity contribution in [1.29, 1.82) is 0 Å². The molecule has 0 saturated carbocycles. The normalized spacial score (nSPS) is 12.6. The molecule has 2 rings (SSSR count). The van der Waals surface area contributed by atoms with Crippen LogP contribution in [0.5, 0.6) is 0 Å². The number of anilines is 1. The molecule has 0 aromatic heterocycles. The molecule has 0 unspecified atom stereocenters. The number of carbonyl (C=O) groups is 1. The minimum Gasteiger partial charge on any atom is -0.366 e. The molecule has 0 saturated heterocycles. The van der Waals surface area contributed by atoms with Crippen LogP contribution in [0.3, 0.4) is 0 Å². The molecule has 2 aromatic rings. The van der Waals surface area contributed by atoms with Gasteiger partial charge in [-0.3, -0.25) is 4.79 Å². The van der Waals surface area contributed by atoms with Gasteiger partial charge in [0.05, 0.1) is 5.69 Å². The lowest BCUT2D eigenvalue weighted by Crippen LogP contribution is -2.27. The van der Waals surface area contributed by atoms with Crippen LogP contribution in [-0.4, -0.2) is 30.7 Å². The van der Waals surface area contributed by atoms with E-state index in [9.17, 15) is 4.79 Å². The third kappa shape index (κ3) is 4.66. The summed E-state index contributed by atoms with van der Waals surface area (Å²) in [5.74, 6) is 0.671. The molecule has 0 aliphatic rings. The van der Waals surface area contributed by atoms with E-state index in [4.69, 9.17) is 5.73 Å². The average Bonchev–Trinajstić information content (AvgIpc) is 2.56. The fourth-order valence-corrected chi connectivity index (χ4v) is 1.94. The number of amides is 1. The van der Waals surface area contributed by atoms with E-state index in [0.29, 0.717) is 5.69 Å². The molecular weight excluding hydrogens is 288 g/mol. The molecule has 0 radical (unpaired) electrons. The molecule has 3 N–H and O–H groups in total. The quantitative estimate of drug-likeness (QED) is 0.674. The number of hydrogen-bond donors (Lipinski definition) is 2. The molecule has 0 bridgehead atoms. The minimum absolute atomic E-state index is 0.239. The summed E-state index contributed by atoms with van der Waals surface area (Å²) >= 11 is 0. The van der Waals surface area contributed by atoms with Crippen LogP contribution in [0.25, 0.3) is 0 Å². The number of carbonyl (C=O) groups excluding carboxylic acids is 1. The van der Waals surface area contributed by atoms with Crippen LogP contribution in [-0.2, 0) is 4.79 Å². The molecule has 0 aliphatic heterocycles. The lowest BCUT2D eigenvalue weighted by atomic mass is 10.1. The highest BCUT2D eigenvalue weighted by Crippen LogP contribution is 2.18. The van der Waals surface area contributed by atoms with E-state index < -0.39 is 6.04 Å². The molecule has 0 fully saturated rings. The van der Waals surface area contributed by atoms with E-state index in [1.165, 1.54) is 0 Å². The number of nitrogens with zero attached hydrogens (tertiary/aromatic N) is 2. The summed E-state index contributed by atoms with van der Waals surface area (Å²) in [4.78, 5) is 18.6. The van der Waals surface area contributed by atoms with Crippen molar-refractivity contribution in [3.8, 4) is 0 Å². The Labute approximate surface area is 136 Å². The number of amidine groups is 1. The van der Waals surface area contributed by atoms with Crippen LogP contribution in [0.1, 0.15) is 18.5 Å². The van der Waals surface area contributed by atoms with Crippen LogP contribution < -0.4 is 11.1 Å². The molecule has 0 aliphatic carbocycles. The van der Waals surface area contributed by atoms with Crippen molar-refractivity contribution in [3.05, 3.63) is 60.2 Å². The maximum Gasteiger partial charge on any atom is 0.245 e. The molecule has 0 spiro atoms. The second kappa shape index (κ2) is 7.56. The van der Waals surface area contributed by atoms with E-state index in [1.54, 1.807) is 0 Å². The molecule has 5 heteroatoms. The first-order valence-electron chi connectivity index (χ1n) is 7.41. The molecule has 120 valence electrons. The Hall–Kier alpha value is -2.66. The molecule has 2 aromatic carbocycles. The van der Waals surface area contributed by atoms with Crippen LogP contribution in [0.15, 0.2) is 59.6 Å². The summed E-state index contributed by atoms with van der Waals surface area (Å²) < 4.78 is 0. The van der Waals surface area contributed by atoms with E-state index in [-0.39, 0.29) is 5.91 Å². The summed E-state index contributed by atoms with van der Waals surface area (Å²) in [6.07, 6.45) is 0. The first-order chi connectivity index (χ1) is 11.0. The highest BCUT2D eigenvalue weighted by Gasteiger charge is 2.15. The lowest BCUT2D eigenvalue weighted by Gasteiger charge is -2.13. The van der Waals surface area contributed by atoms with Crippen LogP contribution in [0.4, 0.5) is 11.4 Å². The topological polar surface area (TPSA) is 70.7 Å². The Morgan fingerprint density at radius 2 is 1.70 bits per heavy atom. The second-order valence-electron chi connectivity index (χ2n) is 5.48. The van der Waals surface area contributed by atoms with Gasteiger partial charge in [-0.25, -0.2) is 4.99 Å². The van der Waals surface area contributed by atoms with Crippen LogP contribution >= 0.6 is 0 Å². The third-order valence-electron chi connectivity index (χ3n) is 3.51. The Kier molecular flexibility index (Phi) is 5.49. The monoisotopic (exact) mass is 310 g/mol. The van der Waals surface area contributed by atoms with Crippen molar-refractivity contribution in [2.75, 3.05) is 19.4 Å². The molecule has 5 nitrogen and oxygen atoms in total. The summed E-state index contributed by atoms with van der Waals surface area (Å²) in [6, 6.07) is 16.0. The van der Waals surface area contributed by atoms with Crippen molar-refractivity contribution < 1.29 is 4.79 Å². The van der Waals surface area contributed by atoms with E-state index in [2.05, 4.69) is 10.3 Å². The highest BCUT2D eigenvalue weighted by molar-refractivity contribution is 5.95. The van der Waals surface area contributed by atoms with E-state index in [0.717, 1.165) is 17.1 Å². The Morgan fingerprint density at radius 1 is 1.09 bits per heavy atom. The number of benzene rings is 2. The van der Waals surface area contributed by atoms with Crippen LogP contribution in [0.2, 0.25) is 0 Å². The Balaban J connectivity index is 2.03. The number of rotatable bonds is 4. The molecule has 0 heterocycles. The molecule has 23 heavy (non-hydrogen) atoms. The molecule has 1 atom stereocenters. The number of nitrogens with two attached hydrogens (primary N) is 1. The predicted molar refractivity (Wildman–Crippen MR) is 94.9 cm³/mol. The number of aliphatic imine (C=N–C) groups is 1. The van der Waals surface area contributed by atoms with Gasteiger partial charge in [-0.1, -0.05) is 30.3 Å². The van der Waals surface area contributed by atoms with Gasteiger partial charge >= 0.3 is 0 Å². The third-order valence-corrected chi connectivity index (χ3v) is 3.51. The fraction of sp³-hybridized carbons (Fsp3) is 0.222. The zero-order valence-electron chi connectivity index (χ0n) is 13.7. The largest absolute Gasteiger partial charge is 0.366 e. The Bertz CT molecular complexity index is 678. The van der Waals surface area contributed by atoms with Gasteiger partial charge in [0.25, 0.3) is 0 Å². The smallest absolute Gasteiger partial charge is 0.245 e. The fourth-order valence-electron chi connectivity index (χ4n) is 1.94. The molecule has 1 amide bonds. The van der Waals surface area contributed by atoms with Crippen molar-refractivity contribution in [3.63, 3.8) is 0 Å². The van der Waals surface area contributed by atoms with Gasteiger partial charge in [0.1, 0.15) is 11.9 Å². The van der Waals surface area contributed by atoms with E-state index in [1.807, 2.05) is 80.5 Å². The van der Waals surface area contributed by atoms with Gasteiger partial charge in [-0.05, 0) is 36.8 Å². The van der Waals surface area contributed by atoms with Crippen molar-refractivity contribution in [1.82, 2.24) is 4.90 Å². The minimum atomic E-state index is -0.690. The summed E-state index contributed by atoms with van der Waals surface area (Å²) in [6.45, 7) is 1.94. The first kappa shape index (κ1) is 16.7. The van der Waals surface area contributed by atoms with Crippen molar-refractivity contribution >= 4 is 23.1 Å². The van der Waals surface area contributed by atoms with Gasteiger partial charge in [0.15, 0.2) is 0 Å². The maximum atomic E-state index is 12.2. The van der Waals surface area contributed by atoms with Gasteiger partial charge in [-0.2, -0.15) is 0 Å². The van der Waals surface area contributed by atoms with Crippen molar-refractivity contribution in [2.24, 2.45) is 10.7 Å². The number of nitrogens with one attached hydrogen (secondary N) is 1. The summed E-state index contributed by atoms with van der Waals surface area (Å²) in [5.41, 5.74) is 8.29. The first-order valence-corrected chi connectivity index (χ1v) is 7.41. The van der Waals surface area contributed by atoms with Crippen molar-refractivity contribution in [2.45, 2.75) is 13.0 Å². The highest BCUT2D eigenvalue weighted by atomic mass is 16.2. The second-order valence-corrected chi connectivity index (χ2v) is 5.48. The summed E-state index contributed by atoms with van der Waals surface area (Å²) in [5, 5.41) is 2.82. The van der Waals surface area contributed by atoms with Gasteiger partial charge in [-0.15, -0.1) is 0 Å². The SMILES string of the molecule is CC(=Nc1ccc(NC(=O)[C@H](N)c2ccccc2)cc1)N(C)C. The average molecular weight is 310 g/mol. The van der Waals surface area contributed by atoms with Gasteiger partial charge < -0.3 is 16.0 Å². The lowest BCUT2D eigenvalue weighted by molar-refractivity contribution is -0.117. The van der Waals surface area contributed by atoms with Gasteiger partial charge in [0.2, 0.25) is 5.91 Å². The zero-order valence-corrected chi connectivity index (χ0v) is 13.7. The van der Waals surface area contributed by atoms with E-state index >= 15 is 0 Å². The maximum absolute atomic E-state index is 12.2. The standard InChI is InChI=1S/C18H22N4O/c1-13(22(2)3)20-15-9-11-16(12-10-15)21-18(23)17(19)14-7-5-4-6-8-14/h4-12,17H,19H2,1-3H3,(H,21,23)/t17-/m1/s1. The Morgan fingerprint density at radius 3 is 2.26 bits per heavy atom. The summed E-state index contributed by atoms with van der Waals surface area (Å²) in [7, 11) is 3.89. The number of hydrogen-bond acceptors (Lipinski definition) is 3. The zero-order chi connectivity index (χ0) is 16.8. The van der Waals surface area contributed by atoms with Crippen LogP contribution in [0, 0.1) is 0 Å². The molecular formula is C18H22N4O. The van der Waals surface area contributed by atoms with Gasteiger partial charge in [0, 0.05) is 19.8 Å². The predicted octanol–water partition coefficient (Wildman–Crippen LogP) is 2.94.